The van der Waals surface area contributed by atoms with Crippen molar-refractivity contribution in [3.8, 4) is 0 Å². The fourth-order valence-electron chi connectivity index (χ4n) is 3.72. The number of nitrogens with one attached hydrogen (secondary N) is 2. The van der Waals surface area contributed by atoms with Crippen LogP contribution < -0.4 is 10.6 Å². The molecule has 0 aliphatic carbocycles. The molecule has 4 amide bonds. The van der Waals surface area contributed by atoms with Crippen LogP contribution >= 0.6 is 11.3 Å². The van der Waals surface area contributed by atoms with Gasteiger partial charge in [0.25, 0.3) is 11.8 Å². The van der Waals surface area contributed by atoms with E-state index in [0.29, 0.717) is 0 Å². The third-order valence-electron chi connectivity index (χ3n) is 5.28. The Hall–Kier alpha value is -4.04. The summed E-state index contributed by atoms with van der Waals surface area (Å²) < 4.78 is 48.4. The molecular formula is C23H32N6O12S2. The number of carbonyl (C=O) groups excluding carboxylic acids is 5. The molecule has 43 heavy (non-hydrogen) atoms. The summed E-state index contributed by atoms with van der Waals surface area (Å²) in [7, 11) is -5.04. The number of oxime groups is 1. The summed E-state index contributed by atoms with van der Waals surface area (Å²) in [6.07, 6.45) is -1.60. The van der Waals surface area contributed by atoms with E-state index in [4.69, 9.17) is 19.0 Å². The van der Waals surface area contributed by atoms with Crippen molar-refractivity contribution in [2.45, 2.75) is 64.8 Å². The largest absolute Gasteiger partial charge is 0.457 e. The lowest BCUT2D eigenvalue weighted by Crippen LogP contribution is -2.74. The van der Waals surface area contributed by atoms with Crippen molar-refractivity contribution in [1.29, 1.82) is 0 Å². The van der Waals surface area contributed by atoms with E-state index in [9.17, 15) is 36.9 Å². The van der Waals surface area contributed by atoms with E-state index in [2.05, 4.69) is 20.8 Å². The first-order chi connectivity index (χ1) is 19.7. The lowest BCUT2D eigenvalue weighted by molar-refractivity contribution is -0.160. The number of hydrogen-bond donors (Lipinski definition) is 3. The maximum absolute atomic E-state index is 13.3. The first-order valence-corrected chi connectivity index (χ1v) is 14.9. The molecule has 2 saturated heterocycles. The molecule has 2 atom stereocenters. The summed E-state index contributed by atoms with van der Waals surface area (Å²) in [6.45, 7) is 8.86. The van der Waals surface area contributed by atoms with Gasteiger partial charge in [0.15, 0.2) is 10.8 Å². The Kier molecular flexibility index (Phi) is 9.86. The molecule has 3 N–H and O–H groups in total. The highest BCUT2D eigenvalue weighted by molar-refractivity contribution is 7.84. The summed E-state index contributed by atoms with van der Waals surface area (Å²) in [5, 5.41) is 9.70. The molecule has 18 nitrogen and oxygen atoms in total. The average Bonchev–Trinajstić information content (AvgIpc) is 3.45. The van der Waals surface area contributed by atoms with Gasteiger partial charge in [-0.1, -0.05) is 5.16 Å². The van der Waals surface area contributed by atoms with Crippen LogP contribution in [0, 0.1) is 0 Å². The lowest BCUT2D eigenvalue weighted by atomic mass is 9.97. The minimum Gasteiger partial charge on any atom is -0.457 e. The maximum atomic E-state index is 13.3. The molecule has 3 heterocycles. The number of amides is 4. The monoisotopic (exact) mass is 648 g/mol. The van der Waals surface area contributed by atoms with Crippen molar-refractivity contribution in [2.75, 3.05) is 31.6 Å². The van der Waals surface area contributed by atoms with Crippen molar-refractivity contribution in [3.05, 3.63) is 11.1 Å². The number of cyclic esters (lactones) is 1. The van der Waals surface area contributed by atoms with Crippen molar-refractivity contribution in [2.24, 2.45) is 5.16 Å². The molecule has 2 aliphatic rings. The number of esters is 1. The van der Waals surface area contributed by atoms with E-state index in [0.717, 1.165) is 16.2 Å². The second-order valence-corrected chi connectivity index (χ2v) is 13.3. The van der Waals surface area contributed by atoms with Gasteiger partial charge in [-0.25, -0.2) is 23.7 Å². The summed E-state index contributed by atoms with van der Waals surface area (Å²) in [5.74, 6) is -3.09. The molecule has 2 fully saturated rings. The normalized spacial score (nSPS) is 19.4. The number of nitrogens with zero attached hydrogens (tertiary/aromatic N) is 4. The Labute approximate surface area is 250 Å². The fraction of sp³-hybridized carbons (Fsp3) is 0.609. The molecule has 0 radical (unpaired) electrons. The molecule has 0 unspecified atom stereocenters. The van der Waals surface area contributed by atoms with Gasteiger partial charge in [-0.05, 0) is 41.5 Å². The Morgan fingerprint density at radius 3 is 2.37 bits per heavy atom. The molecular weight excluding hydrogens is 616 g/mol. The number of rotatable bonds is 10. The number of thiazole rings is 1. The SMILES string of the molecule is CC(C)(C)OC(=O)CO/N=C(\C(=O)N[C@@H]1C(=O)N(S(=O)(=O)O)[C@@H]1CN1CCOC1=O)c1csc(NC(=O)OC(C)(C)C)n1. The molecule has 0 bridgehead atoms. The Morgan fingerprint density at radius 2 is 1.81 bits per heavy atom. The topological polar surface area (TPSA) is 232 Å². The van der Waals surface area contributed by atoms with Crippen molar-refractivity contribution in [1.82, 2.24) is 19.5 Å². The van der Waals surface area contributed by atoms with E-state index in [1.54, 1.807) is 41.5 Å². The predicted octanol–water partition coefficient (Wildman–Crippen LogP) is 0.503. The number of aromatic nitrogens is 1. The van der Waals surface area contributed by atoms with Gasteiger partial charge in [0.2, 0.25) is 6.61 Å². The van der Waals surface area contributed by atoms with Crippen LogP contribution in [0.15, 0.2) is 10.5 Å². The number of anilines is 1. The minimum atomic E-state index is -5.04. The van der Waals surface area contributed by atoms with E-state index in [-0.39, 0.29) is 28.3 Å². The van der Waals surface area contributed by atoms with E-state index >= 15 is 0 Å². The zero-order valence-corrected chi connectivity index (χ0v) is 25.7. The third kappa shape index (κ3) is 9.22. The Bertz CT molecular complexity index is 1410. The molecule has 0 spiro atoms. The lowest BCUT2D eigenvalue weighted by Gasteiger charge is -2.45. The molecule has 1 aromatic rings. The smallest absolute Gasteiger partial charge is 0.413 e. The maximum Gasteiger partial charge on any atom is 0.413 e. The van der Waals surface area contributed by atoms with Crippen LogP contribution in [0.5, 0.6) is 0 Å². The number of β-lactam (4-membered cyclic amide) rings is 1. The first kappa shape index (κ1) is 33.5. The zero-order valence-electron chi connectivity index (χ0n) is 24.1. The highest BCUT2D eigenvalue weighted by atomic mass is 32.2. The molecule has 0 aromatic carbocycles. The predicted molar refractivity (Wildman–Crippen MR) is 147 cm³/mol. The van der Waals surface area contributed by atoms with Crippen molar-refractivity contribution < 1.29 is 56.0 Å². The quantitative estimate of drug-likeness (QED) is 0.0784. The van der Waals surface area contributed by atoms with Crippen LogP contribution in [0.3, 0.4) is 0 Å². The highest BCUT2D eigenvalue weighted by Gasteiger charge is 2.55. The molecule has 3 rings (SSSR count). The van der Waals surface area contributed by atoms with Gasteiger partial charge in [-0.3, -0.25) is 19.5 Å². The van der Waals surface area contributed by atoms with Crippen molar-refractivity contribution >= 4 is 62.5 Å². The van der Waals surface area contributed by atoms with Gasteiger partial charge >= 0.3 is 28.5 Å². The molecule has 20 heteroatoms. The summed E-state index contributed by atoms with van der Waals surface area (Å²) in [5.41, 5.74) is -2.35. The zero-order chi connectivity index (χ0) is 32.3. The Balaban J connectivity index is 1.84. The van der Waals surface area contributed by atoms with Gasteiger partial charge in [0.1, 0.15) is 29.5 Å². The molecule has 2 aliphatic heterocycles. The minimum absolute atomic E-state index is 0.000385. The number of ether oxygens (including phenoxy) is 3. The first-order valence-electron chi connectivity index (χ1n) is 12.7. The van der Waals surface area contributed by atoms with Crippen LogP contribution in [-0.2, 0) is 43.7 Å². The summed E-state index contributed by atoms with van der Waals surface area (Å²) in [4.78, 5) is 72.4. The third-order valence-corrected chi connectivity index (χ3v) is 6.99. The van der Waals surface area contributed by atoms with Crippen LogP contribution in [0.1, 0.15) is 47.2 Å². The van der Waals surface area contributed by atoms with E-state index < -0.39 is 82.4 Å². The Morgan fingerprint density at radius 1 is 1.16 bits per heavy atom. The highest BCUT2D eigenvalue weighted by Crippen LogP contribution is 2.26. The van der Waals surface area contributed by atoms with Crippen LogP contribution in [-0.4, -0.2) is 112 Å². The van der Waals surface area contributed by atoms with Crippen LogP contribution in [0.4, 0.5) is 14.7 Å². The van der Waals surface area contributed by atoms with Gasteiger partial charge in [-0.2, -0.15) is 8.42 Å². The van der Waals surface area contributed by atoms with Gasteiger partial charge < -0.3 is 29.3 Å². The number of carbonyl (C=O) groups is 5. The number of hydrogen-bond acceptors (Lipinski definition) is 14. The molecule has 238 valence electrons. The van der Waals surface area contributed by atoms with Crippen molar-refractivity contribution in [3.63, 3.8) is 0 Å². The second kappa shape index (κ2) is 12.7. The van der Waals surface area contributed by atoms with Crippen LogP contribution in [0.25, 0.3) is 0 Å². The molecule has 1 aromatic heterocycles. The van der Waals surface area contributed by atoms with Crippen LogP contribution in [0.2, 0.25) is 0 Å². The molecule has 0 saturated carbocycles. The van der Waals surface area contributed by atoms with Gasteiger partial charge in [-0.15, -0.1) is 11.3 Å². The second-order valence-electron chi connectivity index (χ2n) is 11.2. The van der Waals surface area contributed by atoms with E-state index in [1.165, 1.54) is 5.38 Å². The van der Waals surface area contributed by atoms with Gasteiger partial charge in [0, 0.05) is 11.9 Å². The fourth-order valence-corrected chi connectivity index (χ4v) is 5.28. The van der Waals surface area contributed by atoms with Gasteiger partial charge in [0.05, 0.1) is 12.6 Å². The standard InChI is InChI=1S/C23H32N6O12S2/c1-22(2,3)40-14(30)10-39-27-15(12-11-42-19(24-12)26-20(33)41-23(4,5)6)17(31)25-16-13(9-28-7-8-38-21(28)34)29(18(16)32)43(35,36)37/h11,13,16H,7-10H2,1-6H3,(H,25,31)(H,24,26,33)(H,35,36,37)/b27-15-/t13-,16+/m1/s1. The van der Waals surface area contributed by atoms with E-state index in [1.807, 2.05) is 0 Å². The average molecular weight is 649 g/mol. The summed E-state index contributed by atoms with van der Waals surface area (Å²) >= 11 is 0.886. The summed E-state index contributed by atoms with van der Waals surface area (Å²) in [6, 6.07) is -2.92.